The highest BCUT2D eigenvalue weighted by molar-refractivity contribution is 6.31. The number of rotatable bonds is 8. The van der Waals surface area contributed by atoms with Gasteiger partial charge in [0.15, 0.2) is 0 Å². The second kappa shape index (κ2) is 19.7. The minimum Gasteiger partial charge on any atom is -0.378 e. The molecular formula is C45H56Cl2F2N6O4. The van der Waals surface area contributed by atoms with Gasteiger partial charge in [0, 0.05) is 32.7 Å². The zero-order chi connectivity index (χ0) is 40.9. The average molecular weight is 854 g/mol. The fourth-order valence-corrected chi connectivity index (χ4v) is 10.6. The van der Waals surface area contributed by atoms with Gasteiger partial charge >= 0.3 is 0 Å². The molecule has 0 radical (unpaired) electrons. The molecule has 3 aromatic rings. The Balaban J connectivity index is 0.000000169. The summed E-state index contributed by atoms with van der Waals surface area (Å²) in [5.41, 5.74) is 2.78. The van der Waals surface area contributed by atoms with E-state index < -0.39 is 11.6 Å². The number of nitrogens with one attached hydrogen (secondary N) is 1. The molecule has 10 nitrogen and oxygen atoms in total. The summed E-state index contributed by atoms with van der Waals surface area (Å²) >= 11 is 11.8. The van der Waals surface area contributed by atoms with E-state index in [4.69, 9.17) is 32.7 Å². The number of likely N-dealkylation sites (tertiary alicyclic amines) is 2. The monoisotopic (exact) mass is 852 g/mol. The number of benzene rings is 3. The van der Waals surface area contributed by atoms with Gasteiger partial charge in [0.2, 0.25) is 11.8 Å². The van der Waals surface area contributed by atoms with E-state index in [1.807, 2.05) is 11.0 Å². The summed E-state index contributed by atoms with van der Waals surface area (Å²) in [5, 5.41) is 3.65. The van der Waals surface area contributed by atoms with Crippen molar-refractivity contribution in [3.8, 4) is 0 Å². The first-order valence-corrected chi connectivity index (χ1v) is 22.1. The number of hydrogen-bond acceptors (Lipinski definition) is 8. The molecule has 2 amide bonds. The molecule has 6 aliphatic heterocycles. The Kier molecular flexibility index (Phi) is 14.2. The predicted molar refractivity (Wildman–Crippen MR) is 224 cm³/mol. The van der Waals surface area contributed by atoms with E-state index in [0.29, 0.717) is 39.5 Å². The van der Waals surface area contributed by atoms with Crippen LogP contribution in [0.2, 0.25) is 10.0 Å². The smallest absolute Gasteiger partial charge is 0.227 e. The summed E-state index contributed by atoms with van der Waals surface area (Å²) in [5.74, 6) is -0.752. The van der Waals surface area contributed by atoms with Crippen LogP contribution in [0, 0.1) is 11.6 Å². The van der Waals surface area contributed by atoms with Crippen LogP contribution in [0.15, 0.2) is 66.7 Å². The molecule has 1 N–H and O–H groups in total. The Morgan fingerprint density at radius 2 is 1.14 bits per heavy atom. The minimum absolute atomic E-state index is 0.0619. The van der Waals surface area contributed by atoms with Gasteiger partial charge in [0.25, 0.3) is 0 Å². The average Bonchev–Trinajstić information content (AvgIpc) is 4.00. The van der Waals surface area contributed by atoms with E-state index in [1.54, 1.807) is 24.3 Å². The number of ether oxygens (including phenoxy) is 2. The molecule has 6 heterocycles. The highest BCUT2D eigenvalue weighted by Gasteiger charge is 2.48. The van der Waals surface area contributed by atoms with Crippen LogP contribution in [-0.2, 0) is 38.4 Å². The molecule has 59 heavy (non-hydrogen) atoms. The number of nitrogens with zero attached hydrogens (tertiary/aromatic N) is 5. The van der Waals surface area contributed by atoms with E-state index >= 15 is 0 Å². The third kappa shape index (κ3) is 9.97. The van der Waals surface area contributed by atoms with Gasteiger partial charge in [0.05, 0.1) is 85.6 Å². The molecule has 6 fully saturated rings. The third-order valence-corrected chi connectivity index (χ3v) is 13.7. The number of carbonyl (C=O) groups excluding carboxylic acids is 2. The Morgan fingerprint density at radius 3 is 1.71 bits per heavy atom. The van der Waals surface area contributed by atoms with Crippen LogP contribution in [0.25, 0.3) is 0 Å². The van der Waals surface area contributed by atoms with Gasteiger partial charge in [-0.25, -0.2) is 8.78 Å². The molecule has 0 unspecified atom stereocenters. The lowest BCUT2D eigenvalue weighted by Gasteiger charge is -2.54. The molecule has 9 rings (SSSR count). The Bertz CT molecular complexity index is 1900. The summed E-state index contributed by atoms with van der Waals surface area (Å²) < 4.78 is 39.0. The maximum Gasteiger partial charge on any atom is 0.227 e. The number of fused-ring (bicyclic) bond motifs is 2. The first kappa shape index (κ1) is 42.5. The van der Waals surface area contributed by atoms with E-state index in [-0.39, 0.29) is 71.0 Å². The first-order valence-electron chi connectivity index (χ1n) is 21.3. The van der Waals surface area contributed by atoms with Gasteiger partial charge in [0.1, 0.15) is 11.6 Å². The normalized spacial score (nSPS) is 27.8. The summed E-state index contributed by atoms with van der Waals surface area (Å²) in [4.78, 5) is 38.2. The Morgan fingerprint density at radius 1 is 0.610 bits per heavy atom. The first-order chi connectivity index (χ1) is 28.7. The second-order valence-electron chi connectivity index (χ2n) is 16.8. The van der Waals surface area contributed by atoms with E-state index in [1.165, 1.54) is 43.4 Å². The van der Waals surface area contributed by atoms with Gasteiger partial charge in [-0.15, -0.1) is 0 Å². The Hall–Kier alpha value is -3.20. The van der Waals surface area contributed by atoms with Crippen molar-refractivity contribution >= 4 is 35.0 Å². The van der Waals surface area contributed by atoms with Crippen molar-refractivity contribution in [2.75, 3.05) is 78.8 Å². The molecule has 6 saturated heterocycles. The van der Waals surface area contributed by atoms with Crippen LogP contribution in [0.5, 0.6) is 0 Å². The van der Waals surface area contributed by atoms with Gasteiger partial charge in [-0.3, -0.25) is 24.3 Å². The summed E-state index contributed by atoms with van der Waals surface area (Å²) in [6.45, 7) is 10.7. The van der Waals surface area contributed by atoms with Crippen LogP contribution in [-0.4, -0.2) is 151 Å². The van der Waals surface area contributed by atoms with Crippen molar-refractivity contribution in [3.63, 3.8) is 0 Å². The number of piperazine rings is 2. The number of carbonyl (C=O) groups is 2. The number of halogens is 4. The number of amides is 2. The summed E-state index contributed by atoms with van der Waals surface area (Å²) in [6.07, 6.45) is 5.30. The molecule has 6 atom stereocenters. The lowest BCUT2D eigenvalue weighted by atomic mass is 9.90. The maximum absolute atomic E-state index is 13.6. The lowest BCUT2D eigenvalue weighted by molar-refractivity contribution is -0.153. The Labute approximate surface area is 356 Å². The fraction of sp³-hybridized carbons (Fsp3) is 0.556. The van der Waals surface area contributed by atoms with Crippen LogP contribution in [0.1, 0.15) is 42.4 Å². The van der Waals surface area contributed by atoms with Crippen molar-refractivity contribution < 1.29 is 27.8 Å². The van der Waals surface area contributed by atoms with Crippen LogP contribution in [0.4, 0.5) is 8.78 Å². The molecule has 0 aromatic heterocycles. The molecule has 3 aromatic carbocycles. The van der Waals surface area contributed by atoms with E-state index in [2.05, 4.69) is 49.2 Å². The molecule has 0 bridgehead atoms. The van der Waals surface area contributed by atoms with Gasteiger partial charge in [-0.2, -0.15) is 0 Å². The lowest BCUT2D eigenvalue weighted by Crippen LogP contribution is -2.71. The van der Waals surface area contributed by atoms with Crippen molar-refractivity contribution in [1.82, 2.24) is 29.8 Å². The van der Waals surface area contributed by atoms with Gasteiger partial charge in [-0.1, -0.05) is 65.7 Å². The quantitative estimate of drug-likeness (QED) is 0.328. The molecular weight excluding hydrogens is 797 g/mol. The summed E-state index contributed by atoms with van der Waals surface area (Å²) in [7, 11) is 0. The zero-order valence-corrected chi connectivity index (χ0v) is 35.1. The maximum atomic E-state index is 13.6. The van der Waals surface area contributed by atoms with Crippen molar-refractivity contribution in [2.45, 2.75) is 81.3 Å². The second-order valence-corrected chi connectivity index (χ2v) is 17.6. The van der Waals surface area contributed by atoms with Gasteiger partial charge < -0.3 is 24.6 Å². The highest BCUT2D eigenvalue weighted by Crippen LogP contribution is 2.32. The fourth-order valence-electron chi connectivity index (χ4n) is 10.2. The van der Waals surface area contributed by atoms with E-state index in [0.717, 1.165) is 56.9 Å². The number of hydrogen-bond donors (Lipinski definition) is 1. The SMILES string of the molecule is O=C(Cc1ccc(F)c(Cl)c1)N1CCN(Cc2ccccc2)[C@@H]2COC[C@H](N3CCCC3)[C@H]21.O=C(Cc1ccc(F)c(Cl)c1)N1CCN[C@@H]2COC[C@H](N3CCCC3)[C@H]21. The van der Waals surface area contributed by atoms with Crippen molar-refractivity contribution in [1.29, 1.82) is 0 Å². The minimum atomic E-state index is -0.457. The topological polar surface area (TPSA) is 80.8 Å². The third-order valence-electron chi connectivity index (χ3n) is 13.1. The largest absolute Gasteiger partial charge is 0.378 e. The molecule has 14 heteroatoms. The standard InChI is InChI=1S/C26H31ClFN3O2.C19H25ClFN3O2/c27-21-14-20(8-9-22(21)28)15-25(32)31-13-12-30(16-19-6-2-1-3-7-19)24-18-33-17-23(26(24)31)29-10-4-5-11-29;20-14-9-13(3-4-15(14)21)10-18(25)24-8-5-22-16-11-26-12-17(19(16)24)23-6-1-2-7-23/h1-3,6-9,14,23-24,26H,4-5,10-13,15-18H2;3-4,9,16-17,19,22H,1-2,5-8,10-12H2/t23-,24+,26+;16-,17+,19+/m01/s1. The molecule has 0 spiro atoms. The van der Waals surface area contributed by atoms with Crippen LogP contribution in [0.3, 0.4) is 0 Å². The molecule has 0 saturated carbocycles. The predicted octanol–water partition coefficient (Wildman–Crippen LogP) is 5.28. The summed E-state index contributed by atoms with van der Waals surface area (Å²) in [6, 6.07) is 20.6. The zero-order valence-electron chi connectivity index (χ0n) is 33.6. The molecule has 0 aliphatic carbocycles. The van der Waals surface area contributed by atoms with Gasteiger partial charge in [-0.05, 0) is 92.8 Å². The van der Waals surface area contributed by atoms with Crippen molar-refractivity contribution in [3.05, 3.63) is 105 Å². The van der Waals surface area contributed by atoms with Crippen LogP contribution >= 0.6 is 23.2 Å². The molecule has 318 valence electrons. The van der Waals surface area contributed by atoms with E-state index in [9.17, 15) is 18.4 Å². The molecule has 6 aliphatic rings. The van der Waals surface area contributed by atoms with Crippen molar-refractivity contribution in [2.24, 2.45) is 0 Å². The highest BCUT2D eigenvalue weighted by atomic mass is 35.5. The van der Waals surface area contributed by atoms with Crippen LogP contribution < -0.4 is 5.32 Å².